The molecular formula is C13H17NO2S. The molecule has 1 atom stereocenters. The first kappa shape index (κ1) is 12.5. The highest BCUT2D eigenvalue weighted by molar-refractivity contribution is 7.99. The summed E-state index contributed by atoms with van der Waals surface area (Å²) < 4.78 is 0. The molecule has 1 aliphatic rings. The molecule has 2 rings (SSSR count). The largest absolute Gasteiger partial charge is 0.478 e. The molecule has 0 radical (unpaired) electrons. The smallest absolute Gasteiger partial charge is 0.335 e. The molecular weight excluding hydrogens is 234 g/mol. The van der Waals surface area contributed by atoms with Gasteiger partial charge in [0.1, 0.15) is 0 Å². The number of carboxylic acids is 1. The molecule has 0 aromatic heterocycles. The second kappa shape index (κ2) is 6.07. The van der Waals surface area contributed by atoms with Gasteiger partial charge in [0.2, 0.25) is 0 Å². The van der Waals surface area contributed by atoms with E-state index < -0.39 is 5.97 Å². The van der Waals surface area contributed by atoms with Crippen LogP contribution in [0.1, 0.15) is 22.3 Å². The van der Waals surface area contributed by atoms with Crippen LogP contribution in [0.4, 0.5) is 0 Å². The lowest BCUT2D eigenvalue weighted by atomic mass is 10.1. The van der Waals surface area contributed by atoms with Crippen LogP contribution in [0.25, 0.3) is 0 Å². The van der Waals surface area contributed by atoms with Crippen LogP contribution >= 0.6 is 11.8 Å². The minimum Gasteiger partial charge on any atom is -0.478 e. The van der Waals surface area contributed by atoms with Crippen LogP contribution in [0, 0.1) is 5.92 Å². The number of carboxylic acid groups (broad SMARTS) is 1. The van der Waals surface area contributed by atoms with Gasteiger partial charge in [-0.3, -0.25) is 0 Å². The van der Waals surface area contributed by atoms with E-state index in [0.29, 0.717) is 5.56 Å². The molecule has 1 aromatic rings. The molecule has 0 aliphatic carbocycles. The van der Waals surface area contributed by atoms with Crippen LogP contribution in [0.5, 0.6) is 0 Å². The van der Waals surface area contributed by atoms with Crippen molar-refractivity contribution in [3.8, 4) is 0 Å². The van der Waals surface area contributed by atoms with Crippen molar-refractivity contribution in [3.63, 3.8) is 0 Å². The van der Waals surface area contributed by atoms with Gasteiger partial charge in [-0.05, 0) is 48.1 Å². The zero-order valence-corrected chi connectivity index (χ0v) is 10.5. The first-order valence-corrected chi connectivity index (χ1v) is 7.02. The summed E-state index contributed by atoms with van der Waals surface area (Å²) in [5.74, 6) is 2.45. The topological polar surface area (TPSA) is 49.3 Å². The summed E-state index contributed by atoms with van der Waals surface area (Å²) in [4.78, 5) is 10.8. The number of hydrogen-bond donors (Lipinski definition) is 2. The zero-order valence-electron chi connectivity index (χ0n) is 9.69. The molecule has 1 unspecified atom stereocenters. The van der Waals surface area contributed by atoms with E-state index in [1.54, 1.807) is 18.2 Å². The molecule has 1 heterocycles. The van der Waals surface area contributed by atoms with Crippen LogP contribution in [0.15, 0.2) is 24.3 Å². The predicted molar refractivity (Wildman–Crippen MR) is 70.5 cm³/mol. The fraction of sp³-hybridized carbons (Fsp3) is 0.462. The highest BCUT2D eigenvalue weighted by Crippen LogP contribution is 2.22. The first-order valence-electron chi connectivity index (χ1n) is 5.86. The Bertz CT molecular complexity index is 389. The van der Waals surface area contributed by atoms with Gasteiger partial charge in [-0.15, -0.1) is 0 Å². The molecule has 1 fully saturated rings. The number of hydrogen-bond acceptors (Lipinski definition) is 3. The number of carbonyl (C=O) groups is 1. The minimum absolute atomic E-state index is 0.362. The molecule has 1 aromatic carbocycles. The van der Waals surface area contributed by atoms with Crippen LogP contribution in [-0.2, 0) is 6.54 Å². The Morgan fingerprint density at radius 1 is 1.53 bits per heavy atom. The van der Waals surface area contributed by atoms with Crippen molar-refractivity contribution in [2.75, 3.05) is 18.1 Å². The molecule has 1 saturated heterocycles. The van der Waals surface area contributed by atoms with Crippen LogP contribution in [0.2, 0.25) is 0 Å². The van der Waals surface area contributed by atoms with E-state index in [2.05, 4.69) is 5.32 Å². The maximum atomic E-state index is 10.8. The van der Waals surface area contributed by atoms with Gasteiger partial charge < -0.3 is 10.4 Å². The van der Waals surface area contributed by atoms with Crippen LogP contribution in [0.3, 0.4) is 0 Å². The molecule has 4 heteroatoms. The quantitative estimate of drug-likeness (QED) is 0.842. The van der Waals surface area contributed by atoms with Crippen LogP contribution in [-0.4, -0.2) is 29.1 Å². The first-order chi connectivity index (χ1) is 8.25. The Balaban J connectivity index is 1.81. The average Bonchev–Trinajstić information content (AvgIpc) is 2.82. The third-order valence-electron chi connectivity index (χ3n) is 2.96. The number of aromatic carboxylic acids is 1. The highest BCUT2D eigenvalue weighted by Gasteiger charge is 2.14. The van der Waals surface area contributed by atoms with Gasteiger partial charge in [0.25, 0.3) is 0 Å². The van der Waals surface area contributed by atoms with Gasteiger partial charge in [0.15, 0.2) is 0 Å². The molecule has 92 valence electrons. The Morgan fingerprint density at radius 2 is 2.41 bits per heavy atom. The van der Waals surface area contributed by atoms with Crippen LogP contribution < -0.4 is 5.32 Å². The molecule has 0 amide bonds. The maximum absolute atomic E-state index is 10.8. The molecule has 2 N–H and O–H groups in total. The average molecular weight is 251 g/mol. The van der Waals surface area contributed by atoms with Crippen molar-refractivity contribution in [2.24, 2.45) is 5.92 Å². The normalized spacial score (nSPS) is 19.4. The molecule has 0 saturated carbocycles. The Labute approximate surface area is 106 Å². The van der Waals surface area contributed by atoms with Crippen molar-refractivity contribution in [1.82, 2.24) is 5.32 Å². The van der Waals surface area contributed by atoms with Gasteiger partial charge in [-0.25, -0.2) is 4.79 Å². The third kappa shape index (κ3) is 3.75. The van der Waals surface area contributed by atoms with Gasteiger partial charge >= 0.3 is 5.97 Å². The SMILES string of the molecule is O=C(O)c1cccc(CNCC2CCSC2)c1. The predicted octanol–water partition coefficient (Wildman–Crippen LogP) is 2.23. The monoisotopic (exact) mass is 251 g/mol. The molecule has 3 nitrogen and oxygen atoms in total. The number of benzene rings is 1. The van der Waals surface area contributed by atoms with Crippen molar-refractivity contribution in [3.05, 3.63) is 35.4 Å². The van der Waals surface area contributed by atoms with Gasteiger partial charge in [-0.2, -0.15) is 11.8 Å². The van der Waals surface area contributed by atoms with Crippen molar-refractivity contribution in [2.45, 2.75) is 13.0 Å². The van der Waals surface area contributed by atoms with E-state index >= 15 is 0 Å². The number of nitrogens with one attached hydrogen (secondary N) is 1. The van der Waals surface area contributed by atoms with E-state index in [0.717, 1.165) is 24.6 Å². The standard InChI is InChI=1S/C13H17NO2S/c15-13(16)12-3-1-2-10(6-12)7-14-8-11-4-5-17-9-11/h1-3,6,11,14H,4-5,7-9H2,(H,15,16). The lowest BCUT2D eigenvalue weighted by Crippen LogP contribution is -2.22. The van der Waals surface area contributed by atoms with Crippen molar-refractivity contribution < 1.29 is 9.90 Å². The lowest BCUT2D eigenvalue weighted by molar-refractivity contribution is 0.0696. The van der Waals surface area contributed by atoms with Gasteiger partial charge in [0.05, 0.1) is 5.56 Å². The molecule has 17 heavy (non-hydrogen) atoms. The molecule has 0 spiro atoms. The Morgan fingerprint density at radius 3 is 3.12 bits per heavy atom. The maximum Gasteiger partial charge on any atom is 0.335 e. The fourth-order valence-electron chi connectivity index (χ4n) is 1.98. The fourth-order valence-corrected chi connectivity index (χ4v) is 3.26. The van der Waals surface area contributed by atoms with Gasteiger partial charge in [0, 0.05) is 6.54 Å². The minimum atomic E-state index is -0.862. The van der Waals surface area contributed by atoms with E-state index in [1.165, 1.54) is 17.9 Å². The summed E-state index contributed by atoms with van der Waals surface area (Å²) in [7, 11) is 0. The number of thioether (sulfide) groups is 1. The lowest BCUT2D eigenvalue weighted by Gasteiger charge is -2.10. The van der Waals surface area contributed by atoms with Crippen molar-refractivity contribution in [1.29, 1.82) is 0 Å². The van der Waals surface area contributed by atoms with E-state index in [1.807, 2.05) is 17.8 Å². The van der Waals surface area contributed by atoms with Gasteiger partial charge in [-0.1, -0.05) is 12.1 Å². The zero-order chi connectivity index (χ0) is 12.1. The molecule has 1 aliphatic heterocycles. The van der Waals surface area contributed by atoms with E-state index in [-0.39, 0.29) is 0 Å². The van der Waals surface area contributed by atoms with Crippen molar-refractivity contribution >= 4 is 17.7 Å². The molecule has 0 bridgehead atoms. The summed E-state index contributed by atoms with van der Waals surface area (Å²) in [6.45, 7) is 1.78. The summed E-state index contributed by atoms with van der Waals surface area (Å²) >= 11 is 2.02. The Hall–Kier alpha value is -1.00. The summed E-state index contributed by atoms with van der Waals surface area (Å²) in [6.07, 6.45) is 1.30. The second-order valence-electron chi connectivity index (χ2n) is 4.37. The summed E-state index contributed by atoms with van der Waals surface area (Å²) in [5, 5.41) is 12.3. The number of rotatable bonds is 5. The van der Waals surface area contributed by atoms with E-state index in [9.17, 15) is 4.79 Å². The summed E-state index contributed by atoms with van der Waals surface area (Å²) in [6, 6.07) is 7.12. The highest BCUT2D eigenvalue weighted by atomic mass is 32.2. The van der Waals surface area contributed by atoms with E-state index in [4.69, 9.17) is 5.11 Å². The summed E-state index contributed by atoms with van der Waals surface area (Å²) in [5.41, 5.74) is 1.40. The Kier molecular flexibility index (Phi) is 4.45. The second-order valence-corrected chi connectivity index (χ2v) is 5.52. The third-order valence-corrected chi connectivity index (χ3v) is 4.19.